The summed E-state index contributed by atoms with van der Waals surface area (Å²) in [7, 11) is 1.70. The van der Waals surface area contributed by atoms with Crippen molar-refractivity contribution < 1.29 is 9.53 Å². The van der Waals surface area contributed by atoms with Crippen LogP contribution in [0.1, 0.15) is 6.42 Å². The van der Waals surface area contributed by atoms with Gasteiger partial charge in [-0.2, -0.15) is 0 Å². The smallest absolute Gasteiger partial charge is 0.233 e. The van der Waals surface area contributed by atoms with Gasteiger partial charge in [-0.25, -0.2) is 4.98 Å². The van der Waals surface area contributed by atoms with Gasteiger partial charge in [0.1, 0.15) is 0 Å². The van der Waals surface area contributed by atoms with Crippen LogP contribution in [0.5, 0.6) is 0 Å². The number of rotatable bonds is 4. The van der Waals surface area contributed by atoms with Gasteiger partial charge >= 0.3 is 0 Å². The third-order valence-electron chi connectivity index (χ3n) is 2.81. The summed E-state index contributed by atoms with van der Waals surface area (Å²) < 4.78 is 5.24. The minimum absolute atomic E-state index is 0.167. The number of hydrogen-bond acceptors (Lipinski definition) is 4. The molecule has 1 aromatic rings. The van der Waals surface area contributed by atoms with E-state index >= 15 is 0 Å². The van der Waals surface area contributed by atoms with Crippen LogP contribution in [0.2, 0.25) is 0 Å². The highest BCUT2D eigenvalue weighted by Gasteiger charge is 2.25. The van der Waals surface area contributed by atoms with Crippen molar-refractivity contribution >= 4 is 17.7 Å². The highest BCUT2D eigenvalue weighted by Crippen LogP contribution is 2.17. The monoisotopic (exact) mass is 252 g/mol. The summed E-state index contributed by atoms with van der Waals surface area (Å²) in [4.78, 5) is 17.9. The molecule has 5 heteroatoms. The number of carbonyl (C=O) groups is 1. The van der Waals surface area contributed by atoms with E-state index in [0.717, 1.165) is 24.5 Å². The Balaban J connectivity index is 1.78. The molecule has 1 atom stereocenters. The van der Waals surface area contributed by atoms with E-state index in [-0.39, 0.29) is 12.0 Å². The molecular formula is C12H16N2O2S. The normalized spacial score (nSPS) is 19.6. The summed E-state index contributed by atoms with van der Waals surface area (Å²) in [6.45, 7) is 1.53. The SMILES string of the molecule is COC1CCN(C(=O)CSc2ccccn2)C1. The van der Waals surface area contributed by atoms with Gasteiger partial charge < -0.3 is 9.64 Å². The lowest BCUT2D eigenvalue weighted by Gasteiger charge is -2.15. The van der Waals surface area contributed by atoms with Crippen molar-refractivity contribution in [2.24, 2.45) is 0 Å². The van der Waals surface area contributed by atoms with Gasteiger partial charge in [0.05, 0.1) is 16.9 Å². The molecule has 2 rings (SSSR count). The summed E-state index contributed by atoms with van der Waals surface area (Å²) in [6, 6.07) is 5.71. The number of ether oxygens (including phenoxy) is 1. The summed E-state index contributed by atoms with van der Waals surface area (Å²) in [5.74, 6) is 0.619. The summed E-state index contributed by atoms with van der Waals surface area (Å²) >= 11 is 1.48. The van der Waals surface area contributed by atoms with Crippen molar-refractivity contribution in [2.45, 2.75) is 17.6 Å². The molecule has 1 unspecified atom stereocenters. The number of likely N-dealkylation sites (tertiary alicyclic amines) is 1. The van der Waals surface area contributed by atoms with E-state index in [1.807, 2.05) is 23.1 Å². The van der Waals surface area contributed by atoms with Gasteiger partial charge in [-0.15, -0.1) is 0 Å². The highest BCUT2D eigenvalue weighted by molar-refractivity contribution is 7.99. The second-order valence-corrected chi connectivity index (χ2v) is 4.94. The summed E-state index contributed by atoms with van der Waals surface area (Å²) in [6.07, 6.45) is 2.89. The molecule has 2 heterocycles. The number of pyridine rings is 1. The fraction of sp³-hybridized carbons (Fsp3) is 0.500. The number of aromatic nitrogens is 1. The number of methoxy groups -OCH3 is 1. The minimum Gasteiger partial charge on any atom is -0.380 e. The molecule has 1 amide bonds. The fourth-order valence-corrected chi connectivity index (χ4v) is 2.57. The fourth-order valence-electron chi connectivity index (χ4n) is 1.81. The van der Waals surface area contributed by atoms with Crippen LogP contribution in [0.3, 0.4) is 0 Å². The molecule has 1 aliphatic rings. The van der Waals surface area contributed by atoms with Crippen LogP contribution in [0.15, 0.2) is 29.4 Å². The molecule has 0 aromatic carbocycles. The molecule has 0 aliphatic carbocycles. The predicted octanol–water partition coefficient (Wildman–Crippen LogP) is 1.42. The molecule has 0 spiro atoms. The topological polar surface area (TPSA) is 42.4 Å². The Bertz CT molecular complexity index is 372. The van der Waals surface area contributed by atoms with Gasteiger partial charge in [0.2, 0.25) is 5.91 Å². The molecule has 17 heavy (non-hydrogen) atoms. The number of nitrogens with zero attached hydrogens (tertiary/aromatic N) is 2. The standard InChI is InChI=1S/C12H16N2O2S/c1-16-10-5-7-14(8-10)12(15)9-17-11-4-2-3-6-13-11/h2-4,6,10H,5,7-9H2,1H3. The first-order valence-corrected chi connectivity index (χ1v) is 6.62. The van der Waals surface area contributed by atoms with Gasteiger partial charge in [0.25, 0.3) is 0 Å². The van der Waals surface area contributed by atoms with Crippen LogP contribution < -0.4 is 0 Å². The molecule has 0 radical (unpaired) electrons. The first-order valence-electron chi connectivity index (χ1n) is 5.64. The third-order valence-corrected chi connectivity index (χ3v) is 3.74. The van der Waals surface area contributed by atoms with E-state index < -0.39 is 0 Å². The minimum atomic E-state index is 0.167. The second-order valence-electron chi connectivity index (χ2n) is 3.94. The Hall–Kier alpha value is -1.07. The molecule has 1 aromatic heterocycles. The maximum Gasteiger partial charge on any atom is 0.233 e. The zero-order valence-electron chi connectivity index (χ0n) is 9.83. The molecule has 1 aliphatic heterocycles. The number of thioether (sulfide) groups is 1. The molecule has 4 nitrogen and oxygen atoms in total. The quantitative estimate of drug-likeness (QED) is 0.760. The Labute approximate surface area is 105 Å². The van der Waals surface area contributed by atoms with Crippen LogP contribution in [-0.4, -0.2) is 47.8 Å². The average Bonchev–Trinajstić information content (AvgIpc) is 2.86. The lowest BCUT2D eigenvalue weighted by molar-refractivity contribution is -0.127. The summed E-state index contributed by atoms with van der Waals surface area (Å²) in [5, 5.41) is 0.892. The average molecular weight is 252 g/mol. The summed E-state index contributed by atoms with van der Waals surface area (Å²) in [5.41, 5.74) is 0. The van der Waals surface area contributed by atoms with Crippen LogP contribution in [0.25, 0.3) is 0 Å². The van der Waals surface area contributed by atoms with Crippen LogP contribution in [-0.2, 0) is 9.53 Å². The third kappa shape index (κ3) is 3.44. The van der Waals surface area contributed by atoms with Crippen molar-refractivity contribution in [3.8, 4) is 0 Å². The molecule has 1 fully saturated rings. The van der Waals surface area contributed by atoms with Crippen molar-refractivity contribution in [3.63, 3.8) is 0 Å². The van der Waals surface area contributed by atoms with E-state index in [1.165, 1.54) is 11.8 Å². The van der Waals surface area contributed by atoms with Gasteiger partial charge in [-0.05, 0) is 18.6 Å². The molecule has 1 saturated heterocycles. The Morgan fingerprint density at radius 2 is 2.53 bits per heavy atom. The Kier molecular flexibility index (Phi) is 4.39. The lowest BCUT2D eigenvalue weighted by atomic mass is 10.3. The molecule has 92 valence electrons. The Morgan fingerprint density at radius 1 is 1.65 bits per heavy atom. The van der Waals surface area contributed by atoms with Crippen molar-refractivity contribution in [3.05, 3.63) is 24.4 Å². The maximum atomic E-state index is 11.9. The molecular weight excluding hydrogens is 236 g/mol. The number of hydrogen-bond donors (Lipinski definition) is 0. The van der Waals surface area contributed by atoms with Gasteiger partial charge in [0.15, 0.2) is 0 Å². The van der Waals surface area contributed by atoms with Crippen molar-refractivity contribution in [2.75, 3.05) is 26.0 Å². The van der Waals surface area contributed by atoms with E-state index in [4.69, 9.17) is 4.74 Å². The van der Waals surface area contributed by atoms with E-state index in [2.05, 4.69) is 4.98 Å². The number of carbonyl (C=O) groups excluding carboxylic acids is 1. The predicted molar refractivity (Wildman–Crippen MR) is 67.0 cm³/mol. The lowest BCUT2D eigenvalue weighted by Crippen LogP contribution is -2.31. The van der Waals surface area contributed by atoms with Crippen LogP contribution in [0.4, 0.5) is 0 Å². The molecule has 0 bridgehead atoms. The maximum absolute atomic E-state index is 11.9. The molecule has 0 saturated carbocycles. The van der Waals surface area contributed by atoms with E-state index in [9.17, 15) is 4.79 Å². The largest absolute Gasteiger partial charge is 0.380 e. The number of amides is 1. The first-order chi connectivity index (χ1) is 8.29. The van der Waals surface area contributed by atoms with Crippen molar-refractivity contribution in [1.82, 2.24) is 9.88 Å². The zero-order valence-corrected chi connectivity index (χ0v) is 10.7. The van der Waals surface area contributed by atoms with Gasteiger partial charge in [-0.1, -0.05) is 17.8 Å². The molecule has 0 N–H and O–H groups in total. The van der Waals surface area contributed by atoms with Gasteiger partial charge in [0, 0.05) is 26.4 Å². The van der Waals surface area contributed by atoms with Crippen LogP contribution in [0, 0.1) is 0 Å². The zero-order chi connectivity index (χ0) is 12.1. The van der Waals surface area contributed by atoms with Gasteiger partial charge in [-0.3, -0.25) is 4.79 Å². The second kappa shape index (κ2) is 6.02. The first kappa shape index (κ1) is 12.4. The highest BCUT2D eigenvalue weighted by atomic mass is 32.2. The van der Waals surface area contributed by atoms with Crippen molar-refractivity contribution in [1.29, 1.82) is 0 Å². The van der Waals surface area contributed by atoms with E-state index in [0.29, 0.717) is 5.75 Å². The van der Waals surface area contributed by atoms with Crippen LogP contribution >= 0.6 is 11.8 Å². The Morgan fingerprint density at radius 3 is 3.18 bits per heavy atom. The van der Waals surface area contributed by atoms with E-state index in [1.54, 1.807) is 13.3 Å².